The SMILES string of the molecule is CCCCCCCCCCCCCCCC[N+](C)(C)CC(O)CI. The second-order valence-corrected chi connectivity index (χ2v) is 9.13. The van der Waals surface area contributed by atoms with Crippen LogP contribution < -0.4 is 0 Å². The lowest BCUT2D eigenvalue weighted by atomic mass is 10.0. The van der Waals surface area contributed by atoms with E-state index in [1.165, 1.54) is 96.4 Å². The van der Waals surface area contributed by atoms with Crippen molar-refractivity contribution in [3.05, 3.63) is 0 Å². The average Bonchev–Trinajstić information content (AvgIpc) is 2.54. The molecule has 1 N–H and O–H groups in total. The van der Waals surface area contributed by atoms with Gasteiger partial charge in [0, 0.05) is 4.43 Å². The molecule has 0 saturated heterocycles. The van der Waals surface area contributed by atoms with Gasteiger partial charge < -0.3 is 9.59 Å². The number of alkyl halides is 1. The molecule has 0 aliphatic carbocycles. The highest BCUT2D eigenvalue weighted by atomic mass is 127. The van der Waals surface area contributed by atoms with Gasteiger partial charge in [0.15, 0.2) is 0 Å². The van der Waals surface area contributed by atoms with E-state index in [0.717, 1.165) is 15.5 Å². The zero-order valence-electron chi connectivity index (χ0n) is 16.9. The molecule has 0 aliphatic heterocycles. The van der Waals surface area contributed by atoms with Gasteiger partial charge in [0.1, 0.15) is 12.6 Å². The van der Waals surface area contributed by atoms with Crippen molar-refractivity contribution in [1.29, 1.82) is 0 Å². The lowest BCUT2D eigenvalue weighted by Gasteiger charge is -2.31. The van der Waals surface area contributed by atoms with Gasteiger partial charge in [0.05, 0.1) is 20.6 Å². The molecule has 0 aliphatic rings. The van der Waals surface area contributed by atoms with Crippen LogP contribution in [-0.2, 0) is 0 Å². The van der Waals surface area contributed by atoms with E-state index >= 15 is 0 Å². The normalized spacial score (nSPS) is 13.4. The summed E-state index contributed by atoms with van der Waals surface area (Å²) in [7, 11) is 4.50. The lowest BCUT2D eigenvalue weighted by molar-refractivity contribution is -0.893. The standard InChI is InChI=1S/C21H45INO/c1-4-5-6-7-8-9-10-11-12-13-14-15-16-17-18-23(2,3)20-21(24)19-22/h21,24H,4-20H2,1-3H3/q+1. The van der Waals surface area contributed by atoms with Gasteiger partial charge in [-0.15, -0.1) is 0 Å². The maximum absolute atomic E-state index is 9.79. The van der Waals surface area contributed by atoms with Crippen molar-refractivity contribution in [1.82, 2.24) is 0 Å². The van der Waals surface area contributed by atoms with Crippen LogP contribution in [0.1, 0.15) is 96.8 Å². The van der Waals surface area contributed by atoms with Crippen LogP contribution in [0, 0.1) is 0 Å². The van der Waals surface area contributed by atoms with E-state index in [1.54, 1.807) is 0 Å². The molecular formula is C21H45INO+. The Balaban J connectivity index is 3.25. The Morgan fingerprint density at radius 1 is 0.708 bits per heavy atom. The van der Waals surface area contributed by atoms with Gasteiger partial charge in [-0.2, -0.15) is 0 Å². The first-order valence-electron chi connectivity index (χ1n) is 10.6. The minimum atomic E-state index is -0.146. The zero-order chi connectivity index (χ0) is 18.1. The molecule has 24 heavy (non-hydrogen) atoms. The topological polar surface area (TPSA) is 20.2 Å². The number of nitrogens with zero attached hydrogens (tertiary/aromatic N) is 1. The third-order valence-corrected chi connectivity index (χ3v) is 6.02. The van der Waals surface area contributed by atoms with Crippen LogP contribution in [0.15, 0.2) is 0 Å². The van der Waals surface area contributed by atoms with Gasteiger partial charge in [-0.3, -0.25) is 0 Å². The Bertz CT molecular complexity index is 258. The third kappa shape index (κ3) is 17.5. The highest BCUT2D eigenvalue weighted by Crippen LogP contribution is 2.13. The molecule has 0 spiro atoms. The molecule has 0 saturated carbocycles. The van der Waals surface area contributed by atoms with Crippen LogP contribution in [0.3, 0.4) is 0 Å². The Morgan fingerprint density at radius 2 is 1.08 bits per heavy atom. The van der Waals surface area contributed by atoms with Crippen molar-refractivity contribution >= 4 is 22.6 Å². The van der Waals surface area contributed by atoms with Crippen LogP contribution in [0.2, 0.25) is 0 Å². The van der Waals surface area contributed by atoms with Gasteiger partial charge in [0.2, 0.25) is 0 Å². The number of rotatable bonds is 18. The number of hydrogen-bond acceptors (Lipinski definition) is 1. The number of quaternary nitrogens is 1. The lowest BCUT2D eigenvalue weighted by Crippen LogP contribution is -2.46. The molecule has 0 rings (SSSR count). The fourth-order valence-corrected chi connectivity index (χ4v) is 3.72. The first-order valence-corrected chi connectivity index (χ1v) is 12.1. The molecule has 1 atom stereocenters. The average molecular weight is 455 g/mol. The summed E-state index contributed by atoms with van der Waals surface area (Å²) in [6, 6.07) is 0. The van der Waals surface area contributed by atoms with Crippen molar-refractivity contribution in [3.63, 3.8) is 0 Å². The first kappa shape index (κ1) is 24.7. The molecule has 146 valence electrons. The maximum Gasteiger partial charge on any atom is 0.112 e. The van der Waals surface area contributed by atoms with Crippen LogP contribution in [-0.4, -0.2) is 47.3 Å². The molecular weight excluding hydrogens is 409 g/mol. The van der Waals surface area contributed by atoms with E-state index in [9.17, 15) is 5.11 Å². The second-order valence-electron chi connectivity index (χ2n) is 8.25. The zero-order valence-corrected chi connectivity index (χ0v) is 19.0. The summed E-state index contributed by atoms with van der Waals surface area (Å²) in [6.07, 6.45) is 19.7. The molecule has 0 amide bonds. The number of likely N-dealkylation sites (N-methyl/N-ethyl adjacent to an activating group) is 1. The molecule has 0 radical (unpaired) electrons. The molecule has 3 heteroatoms. The summed E-state index contributed by atoms with van der Waals surface area (Å²) in [4.78, 5) is 0. The minimum absolute atomic E-state index is 0.146. The highest BCUT2D eigenvalue weighted by Gasteiger charge is 2.18. The van der Waals surface area contributed by atoms with Crippen molar-refractivity contribution in [2.24, 2.45) is 0 Å². The number of halogens is 1. The summed E-state index contributed by atoms with van der Waals surface area (Å²) in [6.45, 7) is 4.38. The maximum atomic E-state index is 9.79. The molecule has 0 heterocycles. The predicted molar refractivity (Wildman–Crippen MR) is 117 cm³/mol. The van der Waals surface area contributed by atoms with Crippen LogP contribution in [0.5, 0.6) is 0 Å². The fourth-order valence-electron chi connectivity index (χ4n) is 3.44. The van der Waals surface area contributed by atoms with E-state index in [-0.39, 0.29) is 6.10 Å². The molecule has 1 unspecified atom stereocenters. The number of hydrogen-bond donors (Lipinski definition) is 1. The molecule has 0 bridgehead atoms. The van der Waals surface area contributed by atoms with E-state index < -0.39 is 0 Å². The number of aliphatic hydroxyl groups is 1. The minimum Gasteiger partial charge on any atom is -0.386 e. The van der Waals surface area contributed by atoms with Crippen LogP contribution >= 0.6 is 22.6 Å². The van der Waals surface area contributed by atoms with E-state index in [4.69, 9.17) is 0 Å². The molecule has 0 aromatic rings. The van der Waals surface area contributed by atoms with Crippen molar-refractivity contribution < 1.29 is 9.59 Å². The molecule has 0 aromatic heterocycles. The van der Waals surface area contributed by atoms with Crippen molar-refractivity contribution in [2.45, 2.75) is 103 Å². The largest absolute Gasteiger partial charge is 0.386 e. The van der Waals surface area contributed by atoms with E-state index in [2.05, 4.69) is 43.6 Å². The van der Waals surface area contributed by atoms with Crippen molar-refractivity contribution in [2.75, 3.05) is 31.6 Å². The van der Waals surface area contributed by atoms with Crippen LogP contribution in [0.4, 0.5) is 0 Å². The summed E-state index contributed by atoms with van der Waals surface area (Å²) < 4.78 is 1.81. The molecule has 2 nitrogen and oxygen atoms in total. The summed E-state index contributed by atoms with van der Waals surface area (Å²) in [5, 5.41) is 9.79. The Kier molecular flexibility index (Phi) is 17.5. The number of aliphatic hydroxyl groups excluding tert-OH is 1. The highest BCUT2D eigenvalue weighted by molar-refractivity contribution is 14.1. The van der Waals surface area contributed by atoms with Crippen molar-refractivity contribution in [3.8, 4) is 0 Å². The smallest absolute Gasteiger partial charge is 0.112 e. The quantitative estimate of drug-likeness (QED) is 0.111. The Hall–Kier alpha value is 0.650. The Morgan fingerprint density at radius 3 is 1.46 bits per heavy atom. The van der Waals surface area contributed by atoms with E-state index in [0.29, 0.717) is 0 Å². The Labute approximate surface area is 166 Å². The summed E-state index contributed by atoms with van der Waals surface area (Å²) >= 11 is 2.27. The first-order chi connectivity index (χ1) is 11.5. The van der Waals surface area contributed by atoms with Gasteiger partial charge in [-0.1, -0.05) is 107 Å². The summed E-state index contributed by atoms with van der Waals surface area (Å²) in [5.74, 6) is 0. The summed E-state index contributed by atoms with van der Waals surface area (Å²) in [5.41, 5.74) is 0. The van der Waals surface area contributed by atoms with Gasteiger partial charge >= 0.3 is 0 Å². The molecule has 0 fully saturated rings. The van der Waals surface area contributed by atoms with E-state index in [1.807, 2.05) is 0 Å². The number of unbranched alkanes of at least 4 members (excludes halogenated alkanes) is 13. The third-order valence-electron chi connectivity index (χ3n) is 5.00. The second kappa shape index (κ2) is 17.1. The fraction of sp³-hybridized carbons (Fsp3) is 1.00. The van der Waals surface area contributed by atoms with Gasteiger partial charge in [-0.05, 0) is 12.8 Å². The van der Waals surface area contributed by atoms with Gasteiger partial charge in [0.25, 0.3) is 0 Å². The van der Waals surface area contributed by atoms with Crippen LogP contribution in [0.25, 0.3) is 0 Å². The molecule has 0 aromatic carbocycles. The predicted octanol–water partition coefficient (Wildman–Crippen LogP) is 6.34. The monoisotopic (exact) mass is 454 g/mol. The van der Waals surface area contributed by atoms with Gasteiger partial charge in [-0.25, -0.2) is 0 Å².